The van der Waals surface area contributed by atoms with Crippen molar-refractivity contribution >= 4 is 28.9 Å². The number of unbranched alkanes of at least 4 members (excludes halogenated alkanes) is 1. The number of nitrogens with zero attached hydrogens (tertiary/aromatic N) is 3. The maximum atomic E-state index is 13.7. The van der Waals surface area contributed by atoms with Crippen LogP contribution in [0.3, 0.4) is 0 Å². The van der Waals surface area contributed by atoms with E-state index in [-0.39, 0.29) is 18.3 Å². The minimum absolute atomic E-state index is 0.00398. The van der Waals surface area contributed by atoms with Crippen LogP contribution in [0.4, 0.5) is 5.95 Å². The topological polar surface area (TPSA) is 93.9 Å². The third kappa shape index (κ3) is 4.01. The molecule has 0 bridgehead atoms. The minimum Gasteiger partial charge on any atom is -0.504 e. The van der Waals surface area contributed by atoms with Crippen molar-refractivity contribution in [1.82, 2.24) is 9.55 Å². The van der Waals surface area contributed by atoms with Gasteiger partial charge in [0.05, 0.1) is 30.3 Å². The number of hydrogen-bond donors (Lipinski definition) is 1. The van der Waals surface area contributed by atoms with Crippen LogP contribution in [0.15, 0.2) is 42.5 Å². The molecular weight excluding hydrogens is 422 g/mol. The van der Waals surface area contributed by atoms with Crippen LogP contribution in [0.2, 0.25) is 0 Å². The van der Waals surface area contributed by atoms with Crippen molar-refractivity contribution in [3.63, 3.8) is 0 Å². The molecule has 2 atom stereocenters. The Morgan fingerprint density at radius 3 is 2.64 bits per heavy atom. The van der Waals surface area contributed by atoms with E-state index in [1.54, 1.807) is 24.0 Å². The number of imidazole rings is 1. The van der Waals surface area contributed by atoms with Gasteiger partial charge in [0.15, 0.2) is 17.4 Å². The molecule has 4 rings (SSSR count). The number of carbonyl (C=O) groups excluding carboxylic acids is 2. The summed E-state index contributed by atoms with van der Waals surface area (Å²) in [6.45, 7) is 6.59. The maximum Gasteiger partial charge on any atom is 0.321 e. The highest BCUT2D eigenvalue weighted by atomic mass is 16.5. The van der Waals surface area contributed by atoms with Gasteiger partial charge in [-0.25, -0.2) is 4.98 Å². The number of aromatic hydroxyl groups is 1. The van der Waals surface area contributed by atoms with E-state index in [0.29, 0.717) is 30.4 Å². The fourth-order valence-corrected chi connectivity index (χ4v) is 4.36. The lowest BCUT2D eigenvalue weighted by molar-refractivity contribution is -0.153. The Bertz CT molecular complexity index is 1170. The number of fused-ring (bicyclic) bond motifs is 3. The monoisotopic (exact) mass is 451 g/mol. The van der Waals surface area contributed by atoms with Crippen LogP contribution in [0, 0.1) is 5.92 Å². The smallest absolute Gasteiger partial charge is 0.321 e. The molecule has 1 N–H and O–H groups in total. The van der Waals surface area contributed by atoms with E-state index in [0.717, 1.165) is 23.9 Å². The number of carbonyl (C=O) groups is 2. The molecule has 0 unspecified atom stereocenters. The van der Waals surface area contributed by atoms with E-state index in [2.05, 4.69) is 6.92 Å². The SMILES string of the molecule is CCCCN1C(=O)[C@@H](C(=O)OCC)[C@H](c2ccc(O)c(OCC)c2)n2c1nc1ccccc12. The molecular formula is C25H29N3O5. The van der Waals surface area contributed by atoms with Gasteiger partial charge in [0.25, 0.3) is 0 Å². The minimum atomic E-state index is -1.09. The molecule has 0 saturated heterocycles. The molecule has 0 radical (unpaired) electrons. The Balaban J connectivity index is 1.98. The van der Waals surface area contributed by atoms with Crippen molar-refractivity contribution in [2.75, 3.05) is 24.7 Å². The number of phenolic OH excluding ortho intramolecular Hbond substituents is 1. The summed E-state index contributed by atoms with van der Waals surface area (Å²) in [6.07, 6.45) is 1.68. The average Bonchev–Trinajstić information content (AvgIpc) is 3.19. The molecule has 0 spiro atoms. The van der Waals surface area contributed by atoms with Gasteiger partial charge in [0.1, 0.15) is 0 Å². The number of hydrogen-bond acceptors (Lipinski definition) is 6. The number of esters is 1. The highest BCUT2D eigenvalue weighted by Gasteiger charge is 2.47. The van der Waals surface area contributed by atoms with Gasteiger partial charge in [-0.1, -0.05) is 31.5 Å². The largest absolute Gasteiger partial charge is 0.504 e. The molecule has 33 heavy (non-hydrogen) atoms. The number of amides is 1. The number of anilines is 1. The standard InChI is InChI=1S/C25H29N3O5/c1-4-7-14-27-23(30)21(24(31)33-6-3)22(16-12-13-19(29)20(15-16)32-5-2)28-18-11-9-8-10-17(18)26-25(27)28/h8-13,15,21-22,29H,4-7,14H2,1-3H3/t21-,22-/m0/s1. The second kappa shape index (κ2) is 9.52. The third-order valence-corrected chi connectivity index (χ3v) is 5.85. The van der Waals surface area contributed by atoms with E-state index >= 15 is 0 Å². The summed E-state index contributed by atoms with van der Waals surface area (Å²) >= 11 is 0. The first-order valence-electron chi connectivity index (χ1n) is 11.4. The van der Waals surface area contributed by atoms with Gasteiger partial charge in [-0.15, -0.1) is 0 Å². The van der Waals surface area contributed by atoms with E-state index in [1.807, 2.05) is 35.8 Å². The van der Waals surface area contributed by atoms with E-state index < -0.39 is 17.9 Å². The molecule has 1 aliphatic heterocycles. The molecule has 8 heteroatoms. The summed E-state index contributed by atoms with van der Waals surface area (Å²) in [7, 11) is 0. The van der Waals surface area contributed by atoms with Gasteiger partial charge < -0.3 is 19.1 Å². The van der Waals surface area contributed by atoms with Crippen LogP contribution in [0.1, 0.15) is 45.2 Å². The highest BCUT2D eigenvalue weighted by molar-refractivity contribution is 6.08. The highest BCUT2D eigenvalue weighted by Crippen LogP contribution is 2.43. The van der Waals surface area contributed by atoms with Crippen molar-refractivity contribution in [2.24, 2.45) is 5.92 Å². The van der Waals surface area contributed by atoms with Gasteiger partial charge in [-0.3, -0.25) is 14.5 Å². The van der Waals surface area contributed by atoms with Crippen molar-refractivity contribution in [1.29, 1.82) is 0 Å². The molecule has 8 nitrogen and oxygen atoms in total. The average molecular weight is 452 g/mol. The summed E-state index contributed by atoms with van der Waals surface area (Å²) in [5, 5.41) is 10.2. The molecule has 0 saturated carbocycles. The lowest BCUT2D eigenvalue weighted by atomic mass is 9.89. The van der Waals surface area contributed by atoms with Crippen molar-refractivity contribution < 1.29 is 24.2 Å². The van der Waals surface area contributed by atoms with Crippen molar-refractivity contribution in [2.45, 2.75) is 39.7 Å². The normalized spacial score (nSPS) is 17.8. The van der Waals surface area contributed by atoms with E-state index in [9.17, 15) is 14.7 Å². The molecule has 0 fully saturated rings. The number of benzene rings is 2. The van der Waals surface area contributed by atoms with Gasteiger partial charge in [-0.2, -0.15) is 0 Å². The third-order valence-electron chi connectivity index (χ3n) is 5.85. The van der Waals surface area contributed by atoms with Gasteiger partial charge in [0, 0.05) is 6.54 Å². The zero-order valence-electron chi connectivity index (χ0n) is 19.2. The van der Waals surface area contributed by atoms with Crippen LogP contribution in [-0.2, 0) is 14.3 Å². The summed E-state index contributed by atoms with van der Waals surface area (Å²) < 4.78 is 12.9. The lowest BCUT2D eigenvalue weighted by Gasteiger charge is -2.38. The number of aromatic nitrogens is 2. The number of phenols is 1. The summed E-state index contributed by atoms with van der Waals surface area (Å²) in [6, 6.07) is 11.8. The molecule has 174 valence electrons. The van der Waals surface area contributed by atoms with Gasteiger partial charge in [-0.05, 0) is 50.1 Å². The Morgan fingerprint density at radius 2 is 1.91 bits per heavy atom. The molecule has 2 aromatic carbocycles. The second-order valence-electron chi connectivity index (χ2n) is 7.95. The number of ether oxygens (including phenoxy) is 2. The van der Waals surface area contributed by atoms with Crippen LogP contribution in [0.25, 0.3) is 11.0 Å². The van der Waals surface area contributed by atoms with Crippen LogP contribution >= 0.6 is 0 Å². The Labute approximate surface area is 192 Å². The lowest BCUT2D eigenvalue weighted by Crippen LogP contribution is -2.50. The Morgan fingerprint density at radius 1 is 1.12 bits per heavy atom. The fourth-order valence-electron chi connectivity index (χ4n) is 4.36. The van der Waals surface area contributed by atoms with Crippen molar-refractivity contribution in [3.8, 4) is 11.5 Å². The summed E-state index contributed by atoms with van der Waals surface area (Å²) in [5.74, 6) is -1.21. The second-order valence-corrected chi connectivity index (χ2v) is 7.95. The maximum absolute atomic E-state index is 13.7. The molecule has 1 amide bonds. The first kappa shape index (κ1) is 22.6. The van der Waals surface area contributed by atoms with Gasteiger partial charge >= 0.3 is 5.97 Å². The summed E-state index contributed by atoms with van der Waals surface area (Å²) in [5.41, 5.74) is 2.20. The summed E-state index contributed by atoms with van der Waals surface area (Å²) in [4.78, 5) is 33.3. The molecule has 1 aromatic heterocycles. The van der Waals surface area contributed by atoms with Gasteiger partial charge in [0.2, 0.25) is 11.9 Å². The fraction of sp³-hybridized carbons (Fsp3) is 0.400. The van der Waals surface area contributed by atoms with E-state index in [1.165, 1.54) is 6.07 Å². The van der Waals surface area contributed by atoms with Crippen LogP contribution in [0.5, 0.6) is 11.5 Å². The van der Waals surface area contributed by atoms with Crippen LogP contribution in [-0.4, -0.2) is 46.3 Å². The van der Waals surface area contributed by atoms with Crippen molar-refractivity contribution in [3.05, 3.63) is 48.0 Å². The zero-order valence-corrected chi connectivity index (χ0v) is 19.2. The first-order valence-corrected chi connectivity index (χ1v) is 11.4. The Hall–Kier alpha value is -3.55. The quantitative estimate of drug-likeness (QED) is 0.410. The van der Waals surface area contributed by atoms with Crippen LogP contribution < -0.4 is 9.64 Å². The molecule has 2 heterocycles. The molecule has 1 aliphatic rings. The Kier molecular flexibility index (Phi) is 6.53. The predicted molar refractivity (Wildman–Crippen MR) is 125 cm³/mol. The first-order chi connectivity index (χ1) is 16.0. The predicted octanol–water partition coefficient (Wildman–Crippen LogP) is 4.06. The van der Waals surface area contributed by atoms with E-state index in [4.69, 9.17) is 14.5 Å². The number of rotatable bonds is 8. The number of para-hydroxylation sites is 2. The zero-order chi connectivity index (χ0) is 23.5. The molecule has 0 aliphatic carbocycles. The molecule has 3 aromatic rings.